The molecule has 2 atom stereocenters. The van der Waals surface area contributed by atoms with Crippen LogP contribution in [0.2, 0.25) is 0 Å². The number of amides is 1. The number of hydrogen-bond acceptors (Lipinski definition) is 9. The van der Waals surface area contributed by atoms with E-state index < -0.39 is 17.7 Å². The zero-order valence-electron chi connectivity index (χ0n) is 17.6. The Balaban J connectivity index is 2.02. The van der Waals surface area contributed by atoms with Crippen molar-refractivity contribution in [1.29, 1.82) is 0 Å². The predicted molar refractivity (Wildman–Crippen MR) is 116 cm³/mol. The van der Waals surface area contributed by atoms with Gasteiger partial charge in [-0.25, -0.2) is 4.79 Å². The number of unbranched alkanes of at least 4 members (excludes halogenated alkanes) is 1. The standard InChI is InChI=1S/C20H29N3O6S/c1-4-7-15(17-10-14(27-3)11-18(25)29-17)21-19(26)16-12-30-20(22-16)13(2)23-28-9-6-5-8-24/h10-11,15-16,24H,4-9,12H2,1-3H3,(H,21,26)/b23-13+. The molecule has 2 N–H and O–H groups in total. The fourth-order valence-electron chi connectivity index (χ4n) is 2.77. The maximum absolute atomic E-state index is 12.8. The lowest BCUT2D eigenvalue weighted by Gasteiger charge is -2.18. The lowest BCUT2D eigenvalue weighted by molar-refractivity contribution is -0.122. The molecule has 9 nitrogen and oxygen atoms in total. The highest BCUT2D eigenvalue weighted by molar-refractivity contribution is 8.16. The van der Waals surface area contributed by atoms with Gasteiger partial charge in [-0.1, -0.05) is 18.5 Å². The molecule has 0 spiro atoms. The van der Waals surface area contributed by atoms with Crippen LogP contribution in [0.1, 0.15) is 51.3 Å². The molecule has 0 saturated heterocycles. The largest absolute Gasteiger partial charge is 0.496 e. The maximum atomic E-state index is 12.8. The Morgan fingerprint density at radius 1 is 1.47 bits per heavy atom. The summed E-state index contributed by atoms with van der Waals surface area (Å²) in [6.45, 7) is 4.32. The van der Waals surface area contributed by atoms with E-state index in [1.54, 1.807) is 13.0 Å². The van der Waals surface area contributed by atoms with Gasteiger partial charge in [0, 0.05) is 18.4 Å². The summed E-state index contributed by atoms with van der Waals surface area (Å²) in [5.41, 5.74) is 0.0884. The molecule has 0 aliphatic carbocycles. The van der Waals surface area contributed by atoms with Crippen molar-refractivity contribution >= 4 is 28.4 Å². The smallest absolute Gasteiger partial charge is 0.339 e. The number of carbonyl (C=O) groups is 1. The average Bonchev–Trinajstić information content (AvgIpc) is 3.23. The van der Waals surface area contributed by atoms with Gasteiger partial charge in [0.25, 0.3) is 0 Å². The molecule has 2 rings (SSSR count). The molecule has 1 aliphatic heterocycles. The number of oxime groups is 1. The monoisotopic (exact) mass is 439 g/mol. The summed E-state index contributed by atoms with van der Waals surface area (Å²) < 4.78 is 10.4. The number of aliphatic hydroxyl groups is 1. The van der Waals surface area contributed by atoms with Gasteiger partial charge in [0.05, 0.1) is 19.2 Å². The summed E-state index contributed by atoms with van der Waals surface area (Å²) >= 11 is 1.44. The first-order chi connectivity index (χ1) is 14.5. The van der Waals surface area contributed by atoms with E-state index in [-0.39, 0.29) is 12.5 Å². The second-order valence-electron chi connectivity index (χ2n) is 6.77. The Morgan fingerprint density at radius 2 is 2.27 bits per heavy atom. The van der Waals surface area contributed by atoms with E-state index in [4.69, 9.17) is 19.1 Å². The quantitative estimate of drug-likeness (QED) is 0.291. The van der Waals surface area contributed by atoms with Crippen molar-refractivity contribution in [2.45, 2.75) is 51.6 Å². The second kappa shape index (κ2) is 12.4. The van der Waals surface area contributed by atoms with Crippen LogP contribution >= 0.6 is 11.8 Å². The number of methoxy groups -OCH3 is 1. The molecule has 0 bridgehead atoms. The number of thioether (sulfide) groups is 1. The highest BCUT2D eigenvalue weighted by Gasteiger charge is 2.29. The van der Waals surface area contributed by atoms with E-state index in [9.17, 15) is 9.59 Å². The number of hydrogen-bond donors (Lipinski definition) is 2. The van der Waals surface area contributed by atoms with Gasteiger partial charge in [0.2, 0.25) is 5.91 Å². The van der Waals surface area contributed by atoms with Crippen LogP contribution in [0.25, 0.3) is 0 Å². The Kier molecular flexibility index (Phi) is 9.88. The molecule has 1 amide bonds. The van der Waals surface area contributed by atoms with Crippen molar-refractivity contribution in [3.63, 3.8) is 0 Å². The van der Waals surface area contributed by atoms with Crippen molar-refractivity contribution in [1.82, 2.24) is 5.32 Å². The zero-order chi connectivity index (χ0) is 21.9. The van der Waals surface area contributed by atoms with Crippen molar-refractivity contribution in [3.05, 3.63) is 28.3 Å². The zero-order valence-corrected chi connectivity index (χ0v) is 18.4. The van der Waals surface area contributed by atoms with Crippen molar-refractivity contribution in [2.24, 2.45) is 10.1 Å². The minimum Gasteiger partial charge on any atom is -0.496 e. The van der Waals surface area contributed by atoms with E-state index >= 15 is 0 Å². The van der Waals surface area contributed by atoms with Gasteiger partial charge in [-0.15, -0.1) is 11.8 Å². The summed E-state index contributed by atoms with van der Waals surface area (Å²) in [6, 6.07) is 1.87. The highest BCUT2D eigenvalue weighted by Crippen LogP contribution is 2.24. The summed E-state index contributed by atoms with van der Waals surface area (Å²) in [4.78, 5) is 34.2. The molecule has 0 fully saturated rings. The minimum atomic E-state index is -0.554. The lowest BCUT2D eigenvalue weighted by atomic mass is 10.1. The first-order valence-corrected chi connectivity index (χ1v) is 10.9. The molecule has 30 heavy (non-hydrogen) atoms. The van der Waals surface area contributed by atoms with E-state index in [2.05, 4.69) is 15.5 Å². The first kappa shape index (κ1) is 23.9. The van der Waals surface area contributed by atoms with Gasteiger partial charge in [0.1, 0.15) is 34.9 Å². The molecule has 2 heterocycles. The molecule has 10 heteroatoms. The normalized spacial score (nSPS) is 17.4. The third kappa shape index (κ3) is 7.17. The molecule has 2 unspecified atom stereocenters. The minimum absolute atomic E-state index is 0.129. The van der Waals surface area contributed by atoms with Crippen LogP contribution in [0, 0.1) is 0 Å². The Morgan fingerprint density at radius 3 is 2.97 bits per heavy atom. The van der Waals surface area contributed by atoms with Gasteiger partial charge in [-0.2, -0.15) is 0 Å². The average molecular weight is 440 g/mol. The fourth-order valence-corrected chi connectivity index (χ4v) is 3.76. The van der Waals surface area contributed by atoms with Gasteiger partial charge < -0.3 is 24.4 Å². The molecule has 0 aromatic carbocycles. The van der Waals surface area contributed by atoms with E-state index in [1.165, 1.54) is 24.9 Å². The molecule has 0 radical (unpaired) electrons. The van der Waals surface area contributed by atoms with Crippen LogP contribution in [0.5, 0.6) is 5.75 Å². The van der Waals surface area contributed by atoms with Crippen LogP contribution in [0.4, 0.5) is 0 Å². The topological polar surface area (TPSA) is 123 Å². The second-order valence-corrected chi connectivity index (χ2v) is 7.78. The molecule has 1 aromatic heterocycles. The Hall–Kier alpha value is -2.33. The third-order valence-corrected chi connectivity index (χ3v) is 5.50. The van der Waals surface area contributed by atoms with Crippen LogP contribution in [-0.2, 0) is 9.63 Å². The van der Waals surface area contributed by atoms with Crippen LogP contribution in [0.15, 0.2) is 31.5 Å². The van der Waals surface area contributed by atoms with Gasteiger partial charge in [-0.05, 0) is 26.2 Å². The third-order valence-electron chi connectivity index (χ3n) is 4.34. The summed E-state index contributed by atoms with van der Waals surface area (Å²) in [5, 5.41) is 16.4. The molecule has 166 valence electrons. The lowest BCUT2D eigenvalue weighted by Crippen LogP contribution is -2.37. The molecule has 1 aliphatic rings. The number of aliphatic hydroxyl groups excluding tert-OH is 1. The SMILES string of the molecule is CCCC(NC(=O)C1CSC(/C(C)=N/OCCCCO)=N1)c1cc(OC)cc(=O)o1. The summed E-state index contributed by atoms with van der Waals surface area (Å²) in [5.74, 6) is 1.01. The van der Waals surface area contributed by atoms with Crippen molar-refractivity contribution in [2.75, 3.05) is 26.1 Å². The van der Waals surface area contributed by atoms with Gasteiger partial charge in [-0.3, -0.25) is 9.79 Å². The number of aliphatic imine (C=N–C) groups is 1. The maximum Gasteiger partial charge on any atom is 0.339 e. The predicted octanol–water partition coefficient (Wildman–Crippen LogP) is 2.28. The van der Waals surface area contributed by atoms with Crippen LogP contribution in [0.3, 0.4) is 0 Å². The molecular formula is C20H29N3O6S. The van der Waals surface area contributed by atoms with Crippen molar-refractivity contribution in [3.8, 4) is 5.75 Å². The van der Waals surface area contributed by atoms with Gasteiger partial charge >= 0.3 is 5.63 Å². The number of nitrogens with one attached hydrogen (secondary N) is 1. The van der Waals surface area contributed by atoms with E-state index in [0.29, 0.717) is 47.5 Å². The Bertz CT molecular complexity index is 823. The number of nitrogens with zero attached hydrogens (tertiary/aromatic N) is 2. The number of carbonyl (C=O) groups excluding carboxylic acids is 1. The summed E-state index contributed by atoms with van der Waals surface area (Å²) in [6.07, 6.45) is 2.79. The molecule has 1 aromatic rings. The van der Waals surface area contributed by atoms with Crippen molar-refractivity contribution < 1.29 is 23.9 Å². The summed E-state index contributed by atoms with van der Waals surface area (Å²) in [7, 11) is 1.47. The van der Waals surface area contributed by atoms with E-state index in [1.807, 2.05) is 6.92 Å². The number of ether oxygens (including phenoxy) is 1. The van der Waals surface area contributed by atoms with Gasteiger partial charge in [0.15, 0.2) is 0 Å². The van der Waals surface area contributed by atoms with E-state index in [0.717, 1.165) is 12.8 Å². The fraction of sp³-hybridized carbons (Fsp3) is 0.600. The molecular weight excluding hydrogens is 410 g/mol. The highest BCUT2D eigenvalue weighted by atomic mass is 32.2. The number of rotatable bonds is 12. The first-order valence-electron chi connectivity index (χ1n) is 9.96. The molecule has 0 saturated carbocycles. The van der Waals surface area contributed by atoms with Crippen LogP contribution < -0.4 is 15.7 Å². The van der Waals surface area contributed by atoms with Crippen LogP contribution in [-0.4, -0.2) is 53.9 Å². The Labute approximate surface area is 179 Å².